The van der Waals surface area contributed by atoms with Crippen LogP contribution in [0.15, 0.2) is 46.9 Å². The second kappa shape index (κ2) is 12.9. The van der Waals surface area contributed by atoms with Gasteiger partial charge in [-0.25, -0.2) is 9.78 Å². The van der Waals surface area contributed by atoms with Crippen LogP contribution >= 0.6 is 23.1 Å². The SMILES string of the molecule is NC(N)=NCCC[C@H](NC(=O)[C@@H]1CS[C@H]2CCN(CCCc3ccccc3)C(=O)N21)C(=O)c1nccs1. The topological polar surface area (TPSA) is 147 Å². The Morgan fingerprint density at radius 3 is 2.76 bits per heavy atom. The smallest absolute Gasteiger partial charge is 0.321 e. The summed E-state index contributed by atoms with van der Waals surface area (Å²) >= 11 is 2.86. The van der Waals surface area contributed by atoms with Gasteiger partial charge in [0, 0.05) is 37.0 Å². The van der Waals surface area contributed by atoms with E-state index in [0.717, 1.165) is 19.3 Å². The number of urea groups is 1. The van der Waals surface area contributed by atoms with Gasteiger partial charge in [0.2, 0.25) is 11.7 Å². The van der Waals surface area contributed by atoms with Crippen molar-refractivity contribution in [3.05, 3.63) is 52.5 Å². The van der Waals surface area contributed by atoms with Crippen LogP contribution in [0.4, 0.5) is 4.79 Å². The molecule has 2 aliphatic rings. The number of thiazole rings is 1. The first-order valence-corrected chi connectivity index (χ1v) is 14.4. The lowest BCUT2D eigenvalue weighted by Crippen LogP contribution is -2.59. The Kier molecular flexibility index (Phi) is 9.40. The molecule has 198 valence electrons. The van der Waals surface area contributed by atoms with Crippen molar-refractivity contribution in [3.63, 3.8) is 0 Å². The first-order valence-electron chi connectivity index (χ1n) is 12.5. The fraction of sp³-hybridized carbons (Fsp3) is 0.480. The second-order valence-corrected chi connectivity index (χ2v) is 11.2. The number of aromatic nitrogens is 1. The van der Waals surface area contributed by atoms with Crippen LogP contribution in [0.2, 0.25) is 0 Å². The molecular formula is C25H33N7O3S2. The minimum atomic E-state index is -0.765. The maximum atomic E-state index is 13.4. The van der Waals surface area contributed by atoms with E-state index in [2.05, 4.69) is 27.4 Å². The molecule has 4 rings (SSSR count). The standard InChI is InChI=1S/C25H33N7O3S2/c26-24(27)29-11-4-9-18(21(33)23-28-12-15-36-23)30-22(34)19-16-37-20-10-14-31(25(35)32(19)20)13-5-8-17-6-2-1-3-7-17/h1-3,6-7,12,15,18-20H,4-5,8-11,13-14,16H2,(H,30,34)(H4,26,27,29)/t18-,19-,20-/m0/s1. The molecule has 1 aromatic carbocycles. The predicted octanol–water partition coefficient (Wildman–Crippen LogP) is 2.07. The predicted molar refractivity (Wildman–Crippen MR) is 147 cm³/mol. The van der Waals surface area contributed by atoms with E-state index in [1.165, 1.54) is 16.9 Å². The van der Waals surface area contributed by atoms with E-state index in [9.17, 15) is 14.4 Å². The molecular weight excluding hydrogens is 510 g/mol. The lowest BCUT2D eigenvalue weighted by molar-refractivity contribution is -0.125. The molecule has 2 fully saturated rings. The van der Waals surface area contributed by atoms with Gasteiger partial charge in [-0.05, 0) is 37.7 Å². The van der Waals surface area contributed by atoms with Crippen molar-refractivity contribution >= 4 is 46.8 Å². The molecule has 0 aliphatic carbocycles. The quantitative estimate of drug-likeness (QED) is 0.161. The van der Waals surface area contributed by atoms with Gasteiger partial charge in [-0.15, -0.1) is 23.1 Å². The molecule has 12 heteroatoms. The highest BCUT2D eigenvalue weighted by Crippen LogP contribution is 2.35. The molecule has 0 saturated carbocycles. The Morgan fingerprint density at radius 1 is 1.22 bits per heavy atom. The molecule has 1 aromatic heterocycles. The zero-order valence-electron chi connectivity index (χ0n) is 20.6. The molecule has 0 spiro atoms. The van der Waals surface area contributed by atoms with Crippen LogP contribution in [0.5, 0.6) is 0 Å². The summed E-state index contributed by atoms with van der Waals surface area (Å²) in [4.78, 5) is 51.5. The zero-order valence-corrected chi connectivity index (χ0v) is 22.3. The number of carbonyl (C=O) groups excluding carboxylic acids is 3. The molecule has 10 nitrogen and oxygen atoms in total. The molecule has 2 aromatic rings. The van der Waals surface area contributed by atoms with Gasteiger partial charge in [-0.2, -0.15) is 0 Å². The number of rotatable bonds is 12. The Bertz CT molecular complexity index is 1090. The fourth-order valence-corrected chi connectivity index (χ4v) is 6.65. The van der Waals surface area contributed by atoms with Crippen LogP contribution in [-0.2, 0) is 11.2 Å². The third-order valence-corrected chi connectivity index (χ3v) is 8.63. The molecule has 37 heavy (non-hydrogen) atoms. The van der Waals surface area contributed by atoms with E-state index in [1.54, 1.807) is 28.2 Å². The van der Waals surface area contributed by atoms with E-state index in [4.69, 9.17) is 11.5 Å². The number of Topliss-reactive ketones (excluding diaryl/α,β-unsaturated/α-hetero) is 1. The highest BCUT2D eigenvalue weighted by atomic mass is 32.2. The van der Waals surface area contributed by atoms with E-state index in [0.29, 0.717) is 43.2 Å². The van der Waals surface area contributed by atoms with Crippen LogP contribution < -0.4 is 16.8 Å². The molecule has 0 bridgehead atoms. The minimum Gasteiger partial charge on any atom is -0.370 e. The number of benzene rings is 1. The van der Waals surface area contributed by atoms with Crippen LogP contribution in [0, 0.1) is 0 Å². The Labute approximate surface area is 224 Å². The average Bonchev–Trinajstić information content (AvgIpc) is 3.58. The number of thioether (sulfide) groups is 1. The van der Waals surface area contributed by atoms with Gasteiger partial charge >= 0.3 is 6.03 Å². The fourth-order valence-electron chi connectivity index (χ4n) is 4.63. The molecule has 2 saturated heterocycles. The monoisotopic (exact) mass is 543 g/mol. The summed E-state index contributed by atoms with van der Waals surface area (Å²) in [5.74, 6) is -0.0708. The average molecular weight is 544 g/mol. The van der Waals surface area contributed by atoms with Crippen LogP contribution in [0.25, 0.3) is 0 Å². The molecule has 5 N–H and O–H groups in total. The second-order valence-electron chi connectivity index (χ2n) is 9.07. The van der Waals surface area contributed by atoms with Gasteiger partial charge in [0.15, 0.2) is 11.0 Å². The first kappa shape index (κ1) is 26.9. The van der Waals surface area contributed by atoms with Gasteiger partial charge in [-0.1, -0.05) is 30.3 Å². The first-order chi connectivity index (χ1) is 17.9. The highest BCUT2D eigenvalue weighted by Gasteiger charge is 2.46. The number of hydrogen-bond donors (Lipinski definition) is 3. The molecule has 2 aliphatic heterocycles. The summed E-state index contributed by atoms with van der Waals surface area (Å²) in [6, 6.07) is 8.72. The van der Waals surface area contributed by atoms with E-state index >= 15 is 0 Å². The number of carbonyl (C=O) groups is 3. The number of nitrogens with zero attached hydrogens (tertiary/aromatic N) is 4. The van der Waals surface area contributed by atoms with Crippen molar-refractivity contribution in [2.75, 3.05) is 25.4 Å². The lowest BCUT2D eigenvalue weighted by Gasteiger charge is -2.39. The summed E-state index contributed by atoms with van der Waals surface area (Å²) in [7, 11) is 0. The number of aryl methyl sites for hydroxylation is 1. The normalized spacial score (nSPS) is 19.8. The summed E-state index contributed by atoms with van der Waals surface area (Å²) < 4.78 is 0. The van der Waals surface area contributed by atoms with Crippen LogP contribution in [0.3, 0.4) is 0 Å². The van der Waals surface area contributed by atoms with Gasteiger partial charge < -0.3 is 21.7 Å². The largest absolute Gasteiger partial charge is 0.370 e. The Balaban J connectivity index is 1.37. The zero-order chi connectivity index (χ0) is 26.2. The van der Waals surface area contributed by atoms with Crippen molar-refractivity contribution in [1.82, 2.24) is 20.1 Å². The number of ketones is 1. The Morgan fingerprint density at radius 2 is 2.03 bits per heavy atom. The van der Waals surface area contributed by atoms with Gasteiger partial charge in [0.1, 0.15) is 6.04 Å². The maximum Gasteiger partial charge on any atom is 0.321 e. The van der Waals surface area contributed by atoms with E-state index in [1.807, 2.05) is 23.1 Å². The number of fused-ring (bicyclic) bond motifs is 1. The number of amides is 3. The summed E-state index contributed by atoms with van der Waals surface area (Å²) in [5, 5.41) is 4.95. The van der Waals surface area contributed by atoms with Gasteiger partial charge in [-0.3, -0.25) is 19.5 Å². The lowest BCUT2D eigenvalue weighted by atomic mass is 10.1. The third-order valence-electron chi connectivity index (χ3n) is 6.49. The van der Waals surface area contributed by atoms with Crippen molar-refractivity contribution in [3.8, 4) is 0 Å². The third kappa shape index (κ3) is 7.01. The van der Waals surface area contributed by atoms with Crippen LogP contribution in [0.1, 0.15) is 41.0 Å². The number of aliphatic imine (C=N–C) groups is 1. The molecule has 0 radical (unpaired) electrons. The molecule has 3 amide bonds. The van der Waals surface area contributed by atoms with Crippen molar-refractivity contribution in [2.45, 2.75) is 49.6 Å². The van der Waals surface area contributed by atoms with Crippen molar-refractivity contribution in [1.29, 1.82) is 0 Å². The molecule has 3 atom stereocenters. The highest BCUT2D eigenvalue weighted by molar-refractivity contribution is 8.00. The number of hydrogen-bond acceptors (Lipinski definition) is 7. The molecule has 3 heterocycles. The number of nitrogens with two attached hydrogens (primary N) is 2. The number of guanidine groups is 1. The van der Waals surface area contributed by atoms with E-state index < -0.39 is 12.1 Å². The summed E-state index contributed by atoms with van der Waals surface area (Å²) in [6.45, 7) is 1.68. The van der Waals surface area contributed by atoms with Crippen molar-refractivity contribution in [2.24, 2.45) is 16.5 Å². The summed E-state index contributed by atoms with van der Waals surface area (Å²) in [6.07, 6.45) is 5.01. The van der Waals surface area contributed by atoms with Gasteiger partial charge in [0.05, 0.1) is 11.4 Å². The van der Waals surface area contributed by atoms with Gasteiger partial charge in [0.25, 0.3) is 0 Å². The van der Waals surface area contributed by atoms with Crippen LogP contribution in [-0.4, -0.2) is 81.3 Å². The Hall–Kier alpha value is -3.12. The summed E-state index contributed by atoms with van der Waals surface area (Å²) in [5.41, 5.74) is 12.0. The molecule has 0 unspecified atom stereocenters. The number of nitrogens with one attached hydrogen (secondary N) is 1. The van der Waals surface area contributed by atoms with Crippen molar-refractivity contribution < 1.29 is 14.4 Å². The maximum absolute atomic E-state index is 13.4. The van der Waals surface area contributed by atoms with E-state index in [-0.39, 0.29) is 29.1 Å². The minimum absolute atomic E-state index is 0.0159.